The highest BCUT2D eigenvalue weighted by Gasteiger charge is 2.00. The first-order chi connectivity index (χ1) is 7.77. The van der Waals surface area contributed by atoms with Crippen LogP contribution in [0, 0.1) is 0 Å². The molecule has 2 rings (SSSR count). The average Bonchev–Trinajstić information content (AvgIpc) is 2.33. The highest BCUT2D eigenvalue weighted by atomic mass is 79.9. The van der Waals surface area contributed by atoms with Gasteiger partial charge >= 0.3 is 0 Å². The zero-order valence-electron chi connectivity index (χ0n) is 8.27. The maximum Gasteiger partial charge on any atom is 0.113 e. The van der Waals surface area contributed by atoms with E-state index >= 15 is 0 Å². The number of hydrogen-bond acceptors (Lipinski definition) is 2. The van der Waals surface area contributed by atoms with Crippen molar-refractivity contribution in [2.75, 3.05) is 0 Å². The molecule has 0 atom stereocenters. The Hall–Kier alpha value is -1.00. The van der Waals surface area contributed by atoms with E-state index in [2.05, 4.69) is 41.8 Å². The third kappa shape index (κ3) is 2.77. The highest BCUT2D eigenvalue weighted by Crippen LogP contribution is 2.25. The molecule has 0 unspecified atom stereocenters. The van der Waals surface area contributed by atoms with E-state index in [1.165, 1.54) is 0 Å². The van der Waals surface area contributed by atoms with Crippen molar-refractivity contribution in [2.45, 2.75) is 0 Å². The quantitative estimate of drug-likeness (QED) is 0.769. The van der Waals surface area contributed by atoms with Gasteiger partial charge in [0.1, 0.15) is 4.60 Å². The van der Waals surface area contributed by atoms with Crippen molar-refractivity contribution in [3.8, 4) is 0 Å². The summed E-state index contributed by atoms with van der Waals surface area (Å²) >= 11 is 6.93. The van der Waals surface area contributed by atoms with Crippen molar-refractivity contribution >= 4 is 42.4 Å². The summed E-state index contributed by atoms with van der Waals surface area (Å²) in [7, 11) is 0. The second-order valence-corrected chi connectivity index (χ2v) is 4.72. The van der Waals surface area contributed by atoms with Gasteiger partial charge in [0.05, 0.1) is 0 Å². The van der Waals surface area contributed by atoms with Crippen molar-refractivity contribution in [3.05, 3.63) is 58.6 Å². The van der Waals surface area contributed by atoms with E-state index < -0.39 is 0 Å². The van der Waals surface area contributed by atoms with Crippen LogP contribution in [0.15, 0.2) is 47.5 Å². The molecular weight excluding hydrogens is 332 g/mol. The summed E-state index contributed by atoms with van der Waals surface area (Å²) in [6.45, 7) is 0. The van der Waals surface area contributed by atoms with E-state index in [-0.39, 0.29) is 0 Å². The van der Waals surface area contributed by atoms with Crippen molar-refractivity contribution in [1.29, 1.82) is 0 Å². The zero-order valence-corrected chi connectivity index (χ0v) is 11.4. The van der Waals surface area contributed by atoms with Gasteiger partial charge in [-0.05, 0) is 34.1 Å². The van der Waals surface area contributed by atoms with Gasteiger partial charge in [-0.2, -0.15) is 0 Å². The normalized spacial score (nSPS) is 11.5. The Morgan fingerprint density at radius 2 is 2.00 bits per heavy atom. The van der Waals surface area contributed by atoms with E-state index in [1.54, 1.807) is 12.4 Å². The van der Waals surface area contributed by atoms with E-state index in [0.29, 0.717) is 0 Å². The Morgan fingerprint density at radius 1 is 1.19 bits per heavy atom. The lowest BCUT2D eigenvalue weighted by atomic mass is 10.2. The van der Waals surface area contributed by atoms with Gasteiger partial charge in [0.25, 0.3) is 0 Å². The molecule has 0 aromatic carbocycles. The lowest BCUT2D eigenvalue weighted by molar-refractivity contribution is 1.26. The summed E-state index contributed by atoms with van der Waals surface area (Å²) in [6, 6.07) is 7.80. The largest absolute Gasteiger partial charge is 0.264 e. The molecular formula is C12H8Br2N2. The predicted octanol–water partition coefficient (Wildman–Crippen LogP) is 4.13. The van der Waals surface area contributed by atoms with Crippen LogP contribution in [0.3, 0.4) is 0 Å². The van der Waals surface area contributed by atoms with Crippen molar-refractivity contribution < 1.29 is 0 Å². The summed E-state index contributed by atoms with van der Waals surface area (Å²) in [4.78, 5) is 8.23. The van der Waals surface area contributed by atoms with Crippen LogP contribution in [-0.2, 0) is 0 Å². The summed E-state index contributed by atoms with van der Waals surface area (Å²) in [5.74, 6) is 0. The molecule has 0 saturated carbocycles. The molecule has 2 heterocycles. The monoisotopic (exact) mass is 338 g/mol. The molecule has 0 fully saturated rings. The second-order valence-electron chi connectivity index (χ2n) is 3.12. The molecule has 80 valence electrons. The number of hydrogen-bond donors (Lipinski definition) is 0. The third-order valence-corrected chi connectivity index (χ3v) is 3.36. The summed E-state index contributed by atoms with van der Waals surface area (Å²) < 4.78 is 1.81. The van der Waals surface area contributed by atoms with Gasteiger partial charge in [-0.15, -0.1) is 0 Å². The second kappa shape index (κ2) is 5.37. The number of halogens is 2. The lowest BCUT2D eigenvalue weighted by Crippen LogP contribution is -1.82. The summed E-state index contributed by atoms with van der Waals surface area (Å²) in [6.07, 6.45) is 7.32. The van der Waals surface area contributed by atoms with E-state index in [0.717, 1.165) is 20.2 Å². The average molecular weight is 340 g/mol. The fourth-order valence-electron chi connectivity index (χ4n) is 1.23. The van der Waals surface area contributed by atoms with E-state index in [9.17, 15) is 0 Å². The van der Waals surface area contributed by atoms with Gasteiger partial charge in [-0.1, -0.05) is 28.1 Å². The van der Waals surface area contributed by atoms with Crippen LogP contribution in [0.4, 0.5) is 0 Å². The molecule has 2 aromatic heterocycles. The Morgan fingerprint density at radius 3 is 2.69 bits per heavy atom. The molecule has 2 nitrogen and oxygen atoms in total. The topological polar surface area (TPSA) is 25.8 Å². The molecule has 0 saturated heterocycles. The van der Waals surface area contributed by atoms with Crippen LogP contribution < -0.4 is 0 Å². The molecule has 0 aliphatic rings. The Labute approximate surface area is 111 Å². The van der Waals surface area contributed by atoms with E-state index in [1.807, 2.05) is 36.5 Å². The van der Waals surface area contributed by atoms with Crippen LogP contribution in [0.2, 0.25) is 0 Å². The van der Waals surface area contributed by atoms with Crippen LogP contribution in [0.5, 0.6) is 0 Å². The number of aromatic nitrogens is 2. The molecule has 0 spiro atoms. The van der Waals surface area contributed by atoms with Crippen molar-refractivity contribution in [3.63, 3.8) is 0 Å². The number of pyridine rings is 2. The SMILES string of the molecule is Br/C(=C\c1cccnc1Br)c1cccnc1. The van der Waals surface area contributed by atoms with Crippen LogP contribution in [0.25, 0.3) is 10.6 Å². The van der Waals surface area contributed by atoms with Crippen LogP contribution in [-0.4, -0.2) is 9.97 Å². The lowest BCUT2D eigenvalue weighted by Gasteiger charge is -2.00. The minimum Gasteiger partial charge on any atom is -0.264 e. The Kier molecular flexibility index (Phi) is 3.85. The van der Waals surface area contributed by atoms with Gasteiger partial charge in [0, 0.05) is 34.2 Å². The molecule has 4 heteroatoms. The number of rotatable bonds is 2. The molecule has 16 heavy (non-hydrogen) atoms. The zero-order chi connectivity index (χ0) is 11.4. The molecule has 0 radical (unpaired) electrons. The van der Waals surface area contributed by atoms with Crippen LogP contribution in [0.1, 0.15) is 11.1 Å². The fourth-order valence-corrected chi connectivity index (χ4v) is 2.08. The molecule has 0 N–H and O–H groups in total. The predicted molar refractivity (Wildman–Crippen MR) is 73.0 cm³/mol. The summed E-state index contributed by atoms with van der Waals surface area (Å²) in [5, 5.41) is 0. The molecule has 0 aliphatic carbocycles. The van der Waals surface area contributed by atoms with Gasteiger partial charge in [-0.3, -0.25) is 4.98 Å². The maximum atomic E-state index is 4.16. The Balaban J connectivity index is 2.36. The van der Waals surface area contributed by atoms with Gasteiger partial charge in [0.2, 0.25) is 0 Å². The standard InChI is InChI=1S/C12H8Br2N2/c13-11(10-4-1-5-15-8-10)7-9-3-2-6-16-12(9)14/h1-8H/b11-7-. The van der Waals surface area contributed by atoms with Crippen molar-refractivity contribution in [2.24, 2.45) is 0 Å². The fraction of sp³-hybridized carbons (Fsp3) is 0. The molecule has 0 amide bonds. The van der Waals surface area contributed by atoms with Crippen molar-refractivity contribution in [1.82, 2.24) is 9.97 Å². The van der Waals surface area contributed by atoms with Gasteiger partial charge in [0.15, 0.2) is 0 Å². The third-order valence-electron chi connectivity index (χ3n) is 2.01. The van der Waals surface area contributed by atoms with Gasteiger partial charge < -0.3 is 0 Å². The first-order valence-electron chi connectivity index (χ1n) is 4.65. The minimum absolute atomic E-state index is 0.829. The van der Waals surface area contributed by atoms with Crippen LogP contribution >= 0.6 is 31.9 Å². The summed E-state index contributed by atoms with van der Waals surface area (Å²) in [5.41, 5.74) is 2.07. The number of nitrogens with zero attached hydrogens (tertiary/aromatic N) is 2. The van der Waals surface area contributed by atoms with E-state index in [4.69, 9.17) is 0 Å². The first kappa shape index (κ1) is 11.5. The first-order valence-corrected chi connectivity index (χ1v) is 6.24. The molecule has 0 aliphatic heterocycles. The molecule has 0 bridgehead atoms. The smallest absolute Gasteiger partial charge is 0.113 e. The maximum absolute atomic E-state index is 4.16. The van der Waals surface area contributed by atoms with Gasteiger partial charge in [-0.25, -0.2) is 4.98 Å². The molecule has 2 aromatic rings. The highest BCUT2D eigenvalue weighted by molar-refractivity contribution is 9.15. The Bertz CT molecular complexity index is 509. The minimum atomic E-state index is 0.829.